The standard InChI is InChI=1S/C13H7ClN2O2/c14-12-8-4-1-2-6-10(8)15-13-9(12)5-3-7-11(13)16(17)18/h1-7H. The molecule has 0 spiro atoms. The van der Waals surface area contributed by atoms with Crippen LogP contribution >= 0.6 is 11.6 Å². The predicted molar refractivity (Wildman–Crippen MR) is 70.9 cm³/mol. The number of fused-ring (bicyclic) bond motifs is 2. The van der Waals surface area contributed by atoms with Crippen molar-refractivity contribution in [3.05, 3.63) is 57.6 Å². The van der Waals surface area contributed by atoms with Crippen LogP contribution in [0.25, 0.3) is 21.8 Å². The number of benzene rings is 2. The van der Waals surface area contributed by atoms with Gasteiger partial charge in [-0.25, -0.2) is 4.98 Å². The second-order valence-corrected chi connectivity index (χ2v) is 4.25. The molecule has 3 rings (SSSR count). The second kappa shape index (κ2) is 3.92. The van der Waals surface area contributed by atoms with E-state index < -0.39 is 4.92 Å². The van der Waals surface area contributed by atoms with E-state index in [0.29, 0.717) is 21.4 Å². The average Bonchev–Trinajstić information content (AvgIpc) is 2.38. The van der Waals surface area contributed by atoms with E-state index in [4.69, 9.17) is 11.6 Å². The van der Waals surface area contributed by atoms with Gasteiger partial charge in [-0.2, -0.15) is 0 Å². The van der Waals surface area contributed by atoms with E-state index in [1.165, 1.54) is 6.07 Å². The molecule has 0 amide bonds. The van der Waals surface area contributed by atoms with Crippen LogP contribution in [0.2, 0.25) is 5.02 Å². The molecule has 88 valence electrons. The van der Waals surface area contributed by atoms with Crippen LogP contribution in [0.5, 0.6) is 0 Å². The Kier molecular flexibility index (Phi) is 2.38. The Bertz CT molecular complexity index is 786. The van der Waals surface area contributed by atoms with Gasteiger partial charge >= 0.3 is 0 Å². The van der Waals surface area contributed by atoms with Crippen molar-refractivity contribution in [3.63, 3.8) is 0 Å². The van der Waals surface area contributed by atoms with Crippen molar-refractivity contribution in [2.24, 2.45) is 0 Å². The zero-order chi connectivity index (χ0) is 12.7. The molecule has 1 heterocycles. The van der Waals surface area contributed by atoms with Crippen LogP contribution in [-0.2, 0) is 0 Å². The van der Waals surface area contributed by atoms with Crippen molar-refractivity contribution >= 4 is 39.1 Å². The highest BCUT2D eigenvalue weighted by molar-refractivity contribution is 6.40. The number of nitro groups is 1. The maximum Gasteiger partial charge on any atom is 0.295 e. The van der Waals surface area contributed by atoms with Crippen LogP contribution < -0.4 is 0 Å². The van der Waals surface area contributed by atoms with E-state index in [0.717, 1.165) is 5.39 Å². The Labute approximate surface area is 107 Å². The fourth-order valence-corrected chi connectivity index (χ4v) is 2.31. The molecule has 4 nitrogen and oxygen atoms in total. The SMILES string of the molecule is O=[N+]([O-])c1cccc2c(Cl)c3ccccc3nc12. The number of hydrogen-bond acceptors (Lipinski definition) is 3. The lowest BCUT2D eigenvalue weighted by molar-refractivity contribution is -0.383. The largest absolute Gasteiger partial charge is 0.295 e. The van der Waals surface area contributed by atoms with Gasteiger partial charge in [0.15, 0.2) is 0 Å². The highest BCUT2D eigenvalue weighted by Gasteiger charge is 2.16. The molecule has 0 aliphatic heterocycles. The zero-order valence-electron chi connectivity index (χ0n) is 9.13. The Morgan fingerprint density at radius 3 is 2.56 bits per heavy atom. The summed E-state index contributed by atoms with van der Waals surface area (Å²) in [4.78, 5) is 14.9. The van der Waals surface area contributed by atoms with Gasteiger partial charge in [-0.05, 0) is 6.07 Å². The van der Waals surface area contributed by atoms with Gasteiger partial charge in [-0.15, -0.1) is 0 Å². The minimum Gasteiger partial charge on any atom is -0.258 e. The van der Waals surface area contributed by atoms with E-state index in [9.17, 15) is 10.1 Å². The van der Waals surface area contributed by atoms with Crippen molar-refractivity contribution in [3.8, 4) is 0 Å². The molecule has 0 saturated heterocycles. The van der Waals surface area contributed by atoms with E-state index in [1.807, 2.05) is 18.2 Å². The number of halogens is 1. The summed E-state index contributed by atoms with van der Waals surface area (Å²) >= 11 is 6.29. The van der Waals surface area contributed by atoms with E-state index in [2.05, 4.69) is 4.98 Å². The molecule has 0 unspecified atom stereocenters. The van der Waals surface area contributed by atoms with Gasteiger partial charge in [-0.3, -0.25) is 10.1 Å². The van der Waals surface area contributed by atoms with Crippen LogP contribution in [0.1, 0.15) is 0 Å². The van der Waals surface area contributed by atoms with Gasteiger partial charge in [0.05, 0.1) is 15.5 Å². The Morgan fingerprint density at radius 2 is 1.78 bits per heavy atom. The number of para-hydroxylation sites is 2. The molecule has 0 atom stereocenters. The Morgan fingerprint density at radius 1 is 1.06 bits per heavy atom. The molecular formula is C13H7ClN2O2. The van der Waals surface area contributed by atoms with Crippen molar-refractivity contribution < 1.29 is 4.92 Å². The molecule has 0 fully saturated rings. The molecule has 0 aliphatic carbocycles. The lowest BCUT2D eigenvalue weighted by Gasteiger charge is -2.05. The van der Waals surface area contributed by atoms with Crippen molar-refractivity contribution in [1.29, 1.82) is 0 Å². The third-order valence-electron chi connectivity index (χ3n) is 2.82. The van der Waals surface area contributed by atoms with Crippen molar-refractivity contribution in [2.45, 2.75) is 0 Å². The van der Waals surface area contributed by atoms with Gasteiger partial charge in [-0.1, -0.05) is 41.9 Å². The molecule has 5 heteroatoms. The smallest absolute Gasteiger partial charge is 0.258 e. The number of nitro benzene ring substituents is 1. The average molecular weight is 259 g/mol. The molecule has 2 aromatic carbocycles. The van der Waals surface area contributed by atoms with Gasteiger partial charge in [0.25, 0.3) is 5.69 Å². The molecule has 0 radical (unpaired) electrons. The number of hydrogen-bond donors (Lipinski definition) is 0. The number of rotatable bonds is 1. The third kappa shape index (κ3) is 1.50. The molecule has 1 aromatic heterocycles. The first kappa shape index (κ1) is 10.9. The molecular weight excluding hydrogens is 252 g/mol. The topological polar surface area (TPSA) is 56.0 Å². The summed E-state index contributed by atoms with van der Waals surface area (Å²) in [6, 6.07) is 12.1. The molecule has 0 N–H and O–H groups in total. The van der Waals surface area contributed by atoms with Gasteiger partial charge in [0.2, 0.25) is 0 Å². The van der Waals surface area contributed by atoms with Crippen molar-refractivity contribution in [2.75, 3.05) is 0 Å². The second-order valence-electron chi connectivity index (χ2n) is 3.87. The van der Waals surface area contributed by atoms with E-state index in [-0.39, 0.29) is 5.69 Å². The fraction of sp³-hybridized carbons (Fsp3) is 0. The number of pyridine rings is 1. The molecule has 3 aromatic rings. The quantitative estimate of drug-likeness (QED) is 0.377. The zero-order valence-corrected chi connectivity index (χ0v) is 9.89. The highest BCUT2D eigenvalue weighted by atomic mass is 35.5. The summed E-state index contributed by atoms with van der Waals surface area (Å²) in [5, 5.41) is 12.9. The maximum atomic E-state index is 11.0. The van der Waals surface area contributed by atoms with Crippen LogP contribution in [0, 0.1) is 10.1 Å². The molecule has 0 saturated carbocycles. The first-order chi connectivity index (χ1) is 8.68. The summed E-state index contributed by atoms with van der Waals surface area (Å²) < 4.78 is 0. The number of non-ortho nitro benzene ring substituents is 1. The lowest BCUT2D eigenvalue weighted by Crippen LogP contribution is -1.92. The van der Waals surface area contributed by atoms with Gasteiger partial charge < -0.3 is 0 Å². The van der Waals surface area contributed by atoms with Gasteiger partial charge in [0.1, 0.15) is 5.52 Å². The van der Waals surface area contributed by atoms with Crippen LogP contribution in [0.15, 0.2) is 42.5 Å². The summed E-state index contributed by atoms with van der Waals surface area (Å²) in [7, 11) is 0. The predicted octanol–water partition coefficient (Wildman–Crippen LogP) is 3.95. The minimum atomic E-state index is -0.444. The van der Waals surface area contributed by atoms with Gasteiger partial charge in [0, 0.05) is 16.8 Å². The summed E-state index contributed by atoms with van der Waals surface area (Å²) in [6.45, 7) is 0. The number of nitrogens with zero attached hydrogens (tertiary/aromatic N) is 2. The first-order valence-corrected chi connectivity index (χ1v) is 5.67. The highest BCUT2D eigenvalue weighted by Crippen LogP contribution is 2.33. The summed E-state index contributed by atoms with van der Waals surface area (Å²) in [5.74, 6) is 0. The fourth-order valence-electron chi connectivity index (χ4n) is 2.00. The molecule has 0 aliphatic rings. The molecule has 0 bridgehead atoms. The normalized spacial score (nSPS) is 10.9. The van der Waals surface area contributed by atoms with Crippen LogP contribution in [-0.4, -0.2) is 9.91 Å². The Balaban J connectivity index is 2.55. The van der Waals surface area contributed by atoms with Crippen LogP contribution in [0.3, 0.4) is 0 Å². The monoisotopic (exact) mass is 258 g/mol. The Hall–Kier alpha value is -2.20. The summed E-state index contributed by atoms with van der Waals surface area (Å²) in [5.41, 5.74) is 0.954. The molecule has 18 heavy (non-hydrogen) atoms. The third-order valence-corrected chi connectivity index (χ3v) is 3.23. The first-order valence-electron chi connectivity index (χ1n) is 5.30. The van der Waals surface area contributed by atoms with Crippen molar-refractivity contribution in [1.82, 2.24) is 4.98 Å². The number of aromatic nitrogens is 1. The minimum absolute atomic E-state index is 0.0276. The summed E-state index contributed by atoms with van der Waals surface area (Å²) in [6.07, 6.45) is 0. The van der Waals surface area contributed by atoms with Crippen LogP contribution in [0.4, 0.5) is 5.69 Å². The maximum absolute atomic E-state index is 11.0. The lowest BCUT2D eigenvalue weighted by atomic mass is 10.1. The van der Waals surface area contributed by atoms with E-state index in [1.54, 1.807) is 18.2 Å². The van der Waals surface area contributed by atoms with E-state index >= 15 is 0 Å².